The van der Waals surface area contributed by atoms with Gasteiger partial charge in [0.25, 0.3) is 0 Å². The summed E-state index contributed by atoms with van der Waals surface area (Å²) in [7, 11) is 0. The highest BCUT2D eigenvalue weighted by atomic mass is 19.4. The van der Waals surface area contributed by atoms with E-state index in [0.29, 0.717) is 24.0 Å². The SMILES string of the molecule is O=C(CCCCCCCCCC(=O)Oc1ccc(-c2ccc(OC(F)(F)F)cc2)c(F)c1)Oc1ccc(-c2ccc(OC(F)(F)F)cc2)c(F)c1. The summed E-state index contributed by atoms with van der Waals surface area (Å²) in [5.41, 5.74) is 0.856. The monoisotopic (exact) mass is 724 g/mol. The molecule has 0 aliphatic rings. The topological polar surface area (TPSA) is 71.1 Å². The molecule has 272 valence electrons. The van der Waals surface area contributed by atoms with Gasteiger partial charge in [-0.2, -0.15) is 0 Å². The minimum atomic E-state index is -4.84. The summed E-state index contributed by atoms with van der Waals surface area (Å²) in [4.78, 5) is 24.4. The summed E-state index contributed by atoms with van der Waals surface area (Å²) < 4.78 is 121. The first-order valence-electron chi connectivity index (χ1n) is 15.9. The average Bonchev–Trinajstić information content (AvgIpc) is 3.04. The standard InChI is InChI=1S/C37H32F8O6/c38-32-22-28(18-20-30(32)24-10-14-26(15-11-24)50-36(40,41)42)48-34(46)8-6-4-2-1-3-5-7-9-35(47)49-29-19-21-31(33(39)23-29)25-12-16-27(17-13-25)51-37(43,44)45/h10-23H,1-9H2. The fraction of sp³-hybridized carbons (Fsp3) is 0.297. The second-order valence-corrected chi connectivity index (χ2v) is 11.4. The molecule has 0 saturated carbocycles. The predicted octanol–water partition coefficient (Wildman–Crippen LogP) is 11.1. The average molecular weight is 725 g/mol. The van der Waals surface area contributed by atoms with Crippen molar-refractivity contribution in [1.82, 2.24) is 0 Å². The van der Waals surface area contributed by atoms with Crippen molar-refractivity contribution in [2.24, 2.45) is 0 Å². The molecule has 0 heterocycles. The molecule has 0 aromatic heterocycles. The third-order valence-corrected chi connectivity index (χ3v) is 7.40. The summed E-state index contributed by atoms with van der Waals surface area (Å²) in [5.74, 6) is -3.35. The summed E-state index contributed by atoms with van der Waals surface area (Å²) in [5, 5.41) is 0. The van der Waals surface area contributed by atoms with Crippen molar-refractivity contribution < 1.29 is 63.7 Å². The summed E-state index contributed by atoms with van der Waals surface area (Å²) in [6.45, 7) is 0. The molecule has 51 heavy (non-hydrogen) atoms. The van der Waals surface area contributed by atoms with Gasteiger partial charge in [0, 0.05) is 36.1 Å². The number of alkyl halides is 6. The lowest BCUT2D eigenvalue weighted by atomic mass is 10.0. The number of ether oxygens (including phenoxy) is 4. The normalized spacial score (nSPS) is 11.6. The zero-order valence-electron chi connectivity index (χ0n) is 26.9. The lowest BCUT2D eigenvalue weighted by Gasteiger charge is -2.10. The minimum absolute atomic E-state index is 0.00563. The molecule has 0 saturated heterocycles. The smallest absolute Gasteiger partial charge is 0.426 e. The van der Waals surface area contributed by atoms with E-state index in [1.165, 1.54) is 48.5 Å². The number of benzene rings is 4. The van der Waals surface area contributed by atoms with Crippen LogP contribution in [0.3, 0.4) is 0 Å². The van der Waals surface area contributed by atoms with Crippen molar-refractivity contribution in [1.29, 1.82) is 0 Å². The van der Waals surface area contributed by atoms with Gasteiger partial charge < -0.3 is 18.9 Å². The van der Waals surface area contributed by atoms with Crippen LogP contribution in [0.4, 0.5) is 35.1 Å². The first-order chi connectivity index (χ1) is 24.1. The zero-order valence-corrected chi connectivity index (χ0v) is 26.9. The van der Waals surface area contributed by atoms with Gasteiger partial charge in [-0.15, -0.1) is 26.3 Å². The van der Waals surface area contributed by atoms with Crippen molar-refractivity contribution >= 4 is 11.9 Å². The van der Waals surface area contributed by atoms with E-state index in [1.807, 2.05) is 0 Å². The summed E-state index contributed by atoms with van der Waals surface area (Å²) in [6.07, 6.45) is -4.23. The van der Waals surface area contributed by atoms with Gasteiger partial charge in [0.1, 0.15) is 34.6 Å². The van der Waals surface area contributed by atoms with Crippen LogP contribution in [0.25, 0.3) is 22.3 Å². The number of hydrogen-bond donors (Lipinski definition) is 0. The number of esters is 2. The Labute approximate surface area is 287 Å². The van der Waals surface area contributed by atoms with Crippen LogP contribution in [-0.2, 0) is 9.59 Å². The predicted molar refractivity (Wildman–Crippen MR) is 170 cm³/mol. The van der Waals surface area contributed by atoms with Crippen LogP contribution in [-0.4, -0.2) is 24.7 Å². The Morgan fingerprint density at radius 1 is 0.451 bits per heavy atom. The number of carbonyl (C=O) groups excluding carboxylic acids is 2. The third-order valence-electron chi connectivity index (χ3n) is 7.40. The number of carbonyl (C=O) groups is 2. The van der Waals surface area contributed by atoms with Crippen LogP contribution in [0.1, 0.15) is 57.8 Å². The van der Waals surface area contributed by atoms with Gasteiger partial charge in [-0.25, -0.2) is 8.78 Å². The van der Waals surface area contributed by atoms with Crippen LogP contribution in [0, 0.1) is 11.6 Å². The maximum Gasteiger partial charge on any atom is 0.573 e. The van der Waals surface area contributed by atoms with Gasteiger partial charge in [-0.3, -0.25) is 9.59 Å². The van der Waals surface area contributed by atoms with Crippen LogP contribution >= 0.6 is 0 Å². The molecule has 0 fully saturated rings. The van der Waals surface area contributed by atoms with Gasteiger partial charge >= 0.3 is 24.7 Å². The molecule has 14 heteroatoms. The second-order valence-electron chi connectivity index (χ2n) is 11.4. The highest BCUT2D eigenvalue weighted by molar-refractivity contribution is 5.74. The Hall–Kier alpha value is -5.14. The maximum absolute atomic E-state index is 14.6. The highest BCUT2D eigenvalue weighted by Crippen LogP contribution is 2.31. The van der Waals surface area contributed by atoms with Crippen molar-refractivity contribution in [2.75, 3.05) is 0 Å². The van der Waals surface area contributed by atoms with Gasteiger partial charge in [-0.05, 0) is 72.5 Å². The first kappa shape index (κ1) is 38.7. The van der Waals surface area contributed by atoms with Gasteiger partial charge in [0.05, 0.1) is 0 Å². The number of hydrogen-bond acceptors (Lipinski definition) is 6. The van der Waals surface area contributed by atoms with Crippen LogP contribution in [0.2, 0.25) is 0 Å². The van der Waals surface area contributed by atoms with E-state index in [9.17, 15) is 44.7 Å². The number of halogens is 8. The molecule has 0 atom stereocenters. The molecule has 6 nitrogen and oxygen atoms in total. The number of rotatable bonds is 16. The Bertz CT molecular complexity index is 1620. The lowest BCUT2D eigenvalue weighted by Crippen LogP contribution is -2.16. The number of unbranched alkanes of at least 4 members (excludes halogenated alkanes) is 6. The molecule has 0 aliphatic heterocycles. The molecule has 0 radical (unpaired) electrons. The quantitative estimate of drug-likeness (QED) is 0.0496. The Morgan fingerprint density at radius 2 is 0.765 bits per heavy atom. The lowest BCUT2D eigenvalue weighted by molar-refractivity contribution is -0.275. The van der Waals surface area contributed by atoms with E-state index in [2.05, 4.69) is 9.47 Å². The van der Waals surface area contributed by atoms with Crippen molar-refractivity contribution in [3.63, 3.8) is 0 Å². The molecular weight excluding hydrogens is 692 g/mol. The first-order valence-corrected chi connectivity index (χ1v) is 15.9. The zero-order chi connectivity index (χ0) is 37.0. The fourth-order valence-electron chi connectivity index (χ4n) is 5.05. The van der Waals surface area contributed by atoms with E-state index in [4.69, 9.17) is 9.47 Å². The molecule has 0 N–H and O–H groups in total. The van der Waals surface area contributed by atoms with E-state index < -0.39 is 47.8 Å². The molecule has 4 rings (SSSR count). The molecule has 0 unspecified atom stereocenters. The van der Waals surface area contributed by atoms with E-state index in [-0.39, 0.29) is 35.5 Å². The fourth-order valence-corrected chi connectivity index (χ4v) is 5.05. The van der Waals surface area contributed by atoms with Crippen LogP contribution < -0.4 is 18.9 Å². The molecule has 0 spiro atoms. The van der Waals surface area contributed by atoms with Crippen LogP contribution in [0.5, 0.6) is 23.0 Å². The largest absolute Gasteiger partial charge is 0.573 e. The van der Waals surface area contributed by atoms with Crippen molar-refractivity contribution in [3.8, 4) is 45.3 Å². The Morgan fingerprint density at radius 3 is 1.08 bits per heavy atom. The van der Waals surface area contributed by atoms with Crippen LogP contribution in [0.15, 0.2) is 84.9 Å². The molecule has 0 aliphatic carbocycles. The minimum Gasteiger partial charge on any atom is -0.426 e. The van der Waals surface area contributed by atoms with Gasteiger partial charge in [0.15, 0.2) is 0 Å². The molecular formula is C37H32F8O6. The molecule has 4 aromatic rings. The Balaban J connectivity index is 1.07. The molecule has 0 amide bonds. The van der Waals surface area contributed by atoms with Crippen molar-refractivity contribution in [3.05, 3.63) is 96.6 Å². The van der Waals surface area contributed by atoms with Crippen molar-refractivity contribution in [2.45, 2.75) is 70.5 Å². The summed E-state index contributed by atoms with van der Waals surface area (Å²) in [6, 6.07) is 17.0. The van der Waals surface area contributed by atoms with Gasteiger partial charge in [-0.1, -0.05) is 56.4 Å². The maximum atomic E-state index is 14.6. The van der Waals surface area contributed by atoms with E-state index in [0.717, 1.165) is 68.5 Å². The highest BCUT2D eigenvalue weighted by Gasteiger charge is 2.31. The summed E-state index contributed by atoms with van der Waals surface area (Å²) >= 11 is 0. The Kier molecular flexibility index (Phi) is 13.4. The van der Waals surface area contributed by atoms with E-state index in [1.54, 1.807) is 0 Å². The van der Waals surface area contributed by atoms with E-state index >= 15 is 0 Å². The van der Waals surface area contributed by atoms with Gasteiger partial charge in [0.2, 0.25) is 0 Å². The second kappa shape index (κ2) is 17.7. The molecule has 0 bridgehead atoms. The third kappa shape index (κ3) is 13.3. The molecule has 4 aromatic carbocycles.